The third kappa shape index (κ3) is 3.24. The van der Waals surface area contributed by atoms with E-state index in [9.17, 15) is 14.4 Å². The first-order valence-electron chi connectivity index (χ1n) is 10.3. The number of hydrogen-bond donors (Lipinski definition) is 0. The lowest BCUT2D eigenvalue weighted by Gasteiger charge is -2.20. The Hall–Kier alpha value is -3.67. The van der Waals surface area contributed by atoms with Crippen molar-refractivity contribution in [1.82, 2.24) is 0 Å². The van der Waals surface area contributed by atoms with Crippen LogP contribution < -0.4 is 0 Å². The van der Waals surface area contributed by atoms with Crippen LogP contribution in [-0.2, 0) is 14.2 Å². The normalized spacial score (nSPS) is 11.2. The molecule has 4 aromatic carbocycles. The fraction of sp³-hybridized carbons (Fsp3) is 0.240. The summed E-state index contributed by atoms with van der Waals surface area (Å²) < 4.78 is 15.8. The quantitative estimate of drug-likeness (QED) is 0.246. The number of carbonyl (C=O) groups is 3. The van der Waals surface area contributed by atoms with Crippen molar-refractivity contribution in [2.45, 2.75) is 20.8 Å². The van der Waals surface area contributed by atoms with Crippen LogP contribution in [0.5, 0.6) is 0 Å². The van der Waals surface area contributed by atoms with E-state index in [1.54, 1.807) is 32.9 Å². The second-order valence-electron chi connectivity index (χ2n) is 6.97. The molecule has 0 bridgehead atoms. The van der Waals surface area contributed by atoms with Gasteiger partial charge in [-0.1, -0.05) is 42.5 Å². The van der Waals surface area contributed by atoms with Crippen molar-refractivity contribution < 1.29 is 28.6 Å². The highest BCUT2D eigenvalue weighted by atomic mass is 16.5. The van der Waals surface area contributed by atoms with Gasteiger partial charge in [-0.15, -0.1) is 0 Å². The Balaban J connectivity index is 2.26. The van der Waals surface area contributed by atoms with Gasteiger partial charge in [-0.3, -0.25) is 0 Å². The second kappa shape index (κ2) is 8.22. The number of carbonyl (C=O) groups excluding carboxylic acids is 3. The lowest BCUT2D eigenvalue weighted by molar-refractivity contribution is 0.0461. The van der Waals surface area contributed by atoms with Crippen molar-refractivity contribution in [1.29, 1.82) is 0 Å². The average Bonchev–Trinajstić information content (AvgIpc) is 2.76. The Morgan fingerprint density at radius 3 is 1.42 bits per heavy atom. The van der Waals surface area contributed by atoms with E-state index >= 15 is 0 Å². The highest BCUT2D eigenvalue weighted by Gasteiger charge is 2.32. The molecule has 6 nitrogen and oxygen atoms in total. The number of benzene rings is 4. The molecule has 0 radical (unpaired) electrons. The SMILES string of the molecule is CCOC(=O)c1c(C(=O)OCC)c2ccc3cccc4ccc(c1C(=O)OCC)c2c34. The third-order valence-electron chi connectivity index (χ3n) is 5.25. The van der Waals surface area contributed by atoms with Crippen LogP contribution in [0.2, 0.25) is 0 Å². The summed E-state index contributed by atoms with van der Waals surface area (Å²) in [4.78, 5) is 39.2. The Kier molecular flexibility index (Phi) is 5.46. The Bertz CT molecular complexity index is 1230. The second-order valence-corrected chi connectivity index (χ2v) is 6.97. The third-order valence-corrected chi connectivity index (χ3v) is 5.25. The Morgan fingerprint density at radius 1 is 0.581 bits per heavy atom. The first kappa shape index (κ1) is 20.6. The van der Waals surface area contributed by atoms with Crippen LogP contribution >= 0.6 is 0 Å². The van der Waals surface area contributed by atoms with E-state index in [1.165, 1.54) is 0 Å². The van der Waals surface area contributed by atoms with Crippen molar-refractivity contribution in [2.75, 3.05) is 19.8 Å². The molecule has 0 saturated heterocycles. The molecule has 0 atom stereocenters. The zero-order chi connectivity index (χ0) is 22.1. The Labute approximate surface area is 179 Å². The molecule has 0 aliphatic rings. The van der Waals surface area contributed by atoms with E-state index in [1.807, 2.05) is 30.3 Å². The zero-order valence-corrected chi connectivity index (χ0v) is 17.6. The molecule has 0 saturated carbocycles. The Morgan fingerprint density at radius 2 is 1.00 bits per heavy atom. The molecule has 0 N–H and O–H groups in total. The summed E-state index contributed by atoms with van der Waals surface area (Å²) in [5, 5.41) is 4.62. The number of rotatable bonds is 6. The van der Waals surface area contributed by atoms with E-state index in [0.29, 0.717) is 10.8 Å². The molecule has 0 unspecified atom stereocenters. The largest absolute Gasteiger partial charge is 0.462 e. The summed E-state index contributed by atoms with van der Waals surface area (Å²) in [5.74, 6) is -2.14. The summed E-state index contributed by atoms with van der Waals surface area (Å²) in [5.41, 5.74) is -0.0761. The van der Waals surface area contributed by atoms with Gasteiger partial charge in [0.05, 0.1) is 36.5 Å². The molecule has 6 heteroatoms. The molecular weight excluding hydrogens is 396 g/mol. The van der Waals surface area contributed by atoms with E-state index in [4.69, 9.17) is 14.2 Å². The van der Waals surface area contributed by atoms with Crippen molar-refractivity contribution in [2.24, 2.45) is 0 Å². The van der Waals surface area contributed by atoms with Crippen molar-refractivity contribution >= 4 is 50.2 Å². The maximum Gasteiger partial charge on any atom is 0.339 e. The van der Waals surface area contributed by atoms with Gasteiger partial charge in [-0.2, -0.15) is 0 Å². The van der Waals surface area contributed by atoms with Crippen LogP contribution in [0.25, 0.3) is 32.3 Å². The summed E-state index contributed by atoms with van der Waals surface area (Å²) in [7, 11) is 0. The predicted molar refractivity (Wildman–Crippen MR) is 118 cm³/mol. The molecule has 31 heavy (non-hydrogen) atoms. The van der Waals surface area contributed by atoms with E-state index < -0.39 is 17.9 Å². The molecule has 0 aliphatic carbocycles. The van der Waals surface area contributed by atoms with Crippen molar-refractivity contribution in [3.8, 4) is 0 Å². The van der Waals surface area contributed by atoms with Crippen LogP contribution in [0, 0.1) is 0 Å². The molecule has 158 valence electrons. The molecule has 0 amide bonds. The standard InChI is InChI=1S/C25H22O6/c1-4-29-23(26)20-16-12-10-14-8-7-9-15-11-13-17(19(16)18(14)15)21(24(27)30-5-2)22(20)25(28)31-6-3/h7-13H,4-6H2,1-3H3. The monoisotopic (exact) mass is 418 g/mol. The van der Waals surface area contributed by atoms with Crippen LogP contribution in [0.1, 0.15) is 51.8 Å². The zero-order valence-electron chi connectivity index (χ0n) is 17.6. The lowest BCUT2D eigenvalue weighted by atomic mass is 9.85. The van der Waals surface area contributed by atoms with Gasteiger partial charge < -0.3 is 14.2 Å². The van der Waals surface area contributed by atoms with Crippen molar-refractivity contribution in [3.63, 3.8) is 0 Å². The van der Waals surface area contributed by atoms with Crippen LogP contribution in [0.15, 0.2) is 42.5 Å². The van der Waals surface area contributed by atoms with Gasteiger partial charge in [-0.25, -0.2) is 14.4 Å². The summed E-state index contributed by atoms with van der Waals surface area (Å²) >= 11 is 0. The van der Waals surface area contributed by atoms with Gasteiger partial charge in [0.25, 0.3) is 0 Å². The van der Waals surface area contributed by atoms with Gasteiger partial charge in [0.15, 0.2) is 0 Å². The first-order valence-corrected chi connectivity index (χ1v) is 10.3. The van der Waals surface area contributed by atoms with Gasteiger partial charge >= 0.3 is 17.9 Å². The maximum atomic E-state index is 13.1. The van der Waals surface area contributed by atoms with Gasteiger partial charge in [0.1, 0.15) is 0 Å². The fourth-order valence-electron chi connectivity index (χ4n) is 4.13. The molecule has 4 rings (SSSR count). The van der Waals surface area contributed by atoms with E-state index in [2.05, 4.69) is 0 Å². The molecule has 0 aromatic heterocycles. The van der Waals surface area contributed by atoms with Crippen molar-refractivity contribution in [3.05, 3.63) is 59.2 Å². The van der Waals surface area contributed by atoms with E-state index in [-0.39, 0.29) is 36.5 Å². The fourth-order valence-corrected chi connectivity index (χ4v) is 4.13. The minimum Gasteiger partial charge on any atom is -0.462 e. The molecular formula is C25H22O6. The topological polar surface area (TPSA) is 78.9 Å². The van der Waals surface area contributed by atoms with Gasteiger partial charge in [-0.05, 0) is 53.1 Å². The molecule has 0 fully saturated rings. The minimum absolute atomic E-state index is 0.0223. The molecule has 0 heterocycles. The summed E-state index contributed by atoms with van der Waals surface area (Å²) in [6, 6.07) is 13.2. The first-order chi connectivity index (χ1) is 15.0. The minimum atomic E-state index is -0.765. The van der Waals surface area contributed by atoms with Crippen LogP contribution in [0.3, 0.4) is 0 Å². The summed E-state index contributed by atoms with van der Waals surface area (Å²) in [6.45, 7) is 5.37. The lowest BCUT2D eigenvalue weighted by Crippen LogP contribution is -2.21. The number of esters is 3. The highest BCUT2D eigenvalue weighted by molar-refractivity contribution is 6.32. The predicted octanol–water partition coefficient (Wildman–Crippen LogP) is 5.11. The smallest absolute Gasteiger partial charge is 0.339 e. The molecule has 0 aliphatic heterocycles. The van der Waals surface area contributed by atoms with Gasteiger partial charge in [0, 0.05) is 0 Å². The highest BCUT2D eigenvalue weighted by Crippen LogP contribution is 2.40. The molecule has 0 spiro atoms. The van der Waals surface area contributed by atoms with Gasteiger partial charge in [0.2, 0.25) is 0 Å². The average molecular weight is 418 g/mol. The number of ether oxygens (including phenoxy) is 3. The van der Waals surface area contributed by atoms with Crippen LogP contribution in [0.4, 0.5) is 0 Å². The maximum absolute atomic E-state index is 13.1. The van der Waals surface area contributed by atoms with E-state index in [0.717, 1.165) is 21.5 Å². The number of hydrogen-bond acceptors (Lipinski definition) is 6. The van der Waals surface area contributed by atoms with Crippen LogP contribution in [-0.4, -0.2) is 37.7 Å². The molecule has 4 aromatic rings. The summed E-state index contributed by atoms with van der Waals surface area (Å²) in [6.07, 6.45) is 0.